The van der Waals surface area contributed by atoms with Crippen molar-refractivity contribution >= 4 is 23.2 Å². The smallest absolute Gasteiger partial charge is 0.325 e. The van der Waals surface area contributed by atoms with Crippen molar-refractivity contribution in [2.75, 3.05) is 25.0 Å². The van der Waals surface area contributed by atoms with Crippen molar-refractivity contribution in [2.45, 2.75) is 18.5 Å². The van der Waals surface area contributed by atoms with Gasteiger partial charge in [-0.05, 0) is 29.8 Å². The van der Waals surface area contributed by atoms with Crippen LogP contribution in [0.5, 0.6) is 0 Å². The molecule has 1 aliphatic heterocycles. The maximum atomic E-state index is 12.8. The predicted molar refractivity (Wildman–Crippen MR) is 87.0 cm³/mol. The molecule has 1 aliphatic rings. The number of alkyl halides is 5. The molecular weight excluding hydrogens is 379 g/mol. The quantitative estimate of drug-likeness (QED) is 0.587. The second-order valence-corrected chi connectivity index (χ2v) is 6.40. The van der Waals surface area contributed by atoms with E-state index in [1.165, 1.54) is 23.2 Å². The zero-order valence-corrected chi connectivity index (χ0v) is 14.0. The van der Waals surface area contributed by atoms with Gasteiger partial charge in [-0.3, -0.25) is 4.90 Å². The third-order valence-corrected chi connectivity index (χ3v) is 4.13. The van der Waals surface area contributed by atoms with Crippen molar-refractivity contribution in [1.82, 2.24) is 14.9 Å². The van der Waals surface area contributed by atoms with E-state index in [2.05, 4.69) is 15.3 Å². The molecule has 3 rings (SSSR count). The summed E-state index contributed by atoms with van der Waals surface area (Å²) >= 11 is 5.98. The van der Waals surface area contributed by atoms with Gasteiger partial charge in [0.05, 0.1) is 6.54 Å². The van der Waals surface area contributed by atoms with Crippen molar-refractivity contribution in [1.29, 1.82) is 0 Å². The second kappa shape index (κ2) is 7.32. The van der Waals surface area contributed by atoms with E-state index in [0.717, 1.165) is 5.56 Å². The van der Waals surface area contributed by atoms with Gasteiger partial charge in [0.2, 0.25) is 0 Å². The van der Waals surface area contributed by atoms with Crippen LogP contribution in [0, 0.1) is 0 Å². The number of likely N-dealkylation sites (tertiary alicyclic amines) is 1. The zero-order chi connectivity index (χ0) is 18.9. The number of halogens is 6. The first-order chi connectivity index (χ1) is 12.2. The van der Waals surface area contributed by atoms with Gasteiger partial charge in [0, 0.05) is 30.8 Å². The molecule has 140 valence electrons. The molecule has 3 heterocycles. The summed E-state index contributed by atoms with van der Waals surface area (Å²) in [6.45, 7) is -0.422. The molecule has 1 saturated heterocycles. The normalized spacial score (nSPS) is 16.0. The van der Waals surface area contributed by atoms with Crippen molar-refractivity contribution < 1.29 is 22.0 Å². The van der Waals surface area contributed by atoms with Gasteiger partial charge < -0.3 is 5.32 Å². The van der Waals surface area contributed by atoms with Crippen molar-refractivity contribution in [3.05, 3.63) is 46.7 Å². The number of aromatic nitrogens is 2. The van der Waals surface area contributed by atoms with Crippen LogP contribution in [0.15, 0.2) is 30.5 Å². The van der Waals surface area contributed by atoms with E-state index in [1.54, 1.807) is 12.1 Å². The molecule has 1 N–H and O–H groups in total. The average molecular weight is 393 g/mol. The highest BCUT2D eigenvalue weighted by atomic mass is 35.5. The summed E-state index contributed by atoms with van der Waals surface area (Å²) in [6, 6.07) is 5.63. The average Bonchev–Trinajstić information content (AvgIpc) is 2.49. The van der Waals surface area contributed by atoms with E-state index >= 15 is 0 Å². The van der Waals surface area contributed by atoms with Crippen LogP contribution < -0.4 is 5.32 Å². The molecule has 0 aromatic carbocycles. The molecule has 26 heavy (non-hydrogen) atoms. The van der Waals surface area contributed by atoms with Crippen LogP contribution in [-0.4, -0.2) is 40.7 Å². The van der Waals surface area contributed by atoms with Crippen molar-refractivity contribution in [2.24, 2.45) is 0 Å². The minimum absolute atomic E-state index is 0.0984. The summed E-state index contributed by atoms with van der Waals surface area (Å²) in [6.07, 6.45) is -5.61. The summed E-state index contributed by atoms with van der Waals surface area (Å²) in [7, 11) is 0. The Bertz CT molecular complexity index is 777. The second-order valence-electron chi connectivity index (χ2n) is 6.01. The third-order valence-electron chi connectivity index (χ3n) is 3.94. The Balaban J connectivity index is 1.70. The van der Waals surface area contributed by atoms with Gasteiger partial charge in [-0.25, -0.2) is 18.7 Å². The van der Waals surface area contributed by atoms with Gasteiger partial charge in [-0.1, -0.05) is 11.6 Å². The van der Waals surface area contributed by atoms with Gasteiger partial charge >= 0.3 is 6.18 Å². The zero-order valence-electron chi connectivity index (χ0n) is 13.3. The summed E-state index contributed by atoms with van der Waals surface area (Å²) in [5.41, 5.74) is 0.544. The first-order valence-corrected chi connectivity index (χ1v) is 8.05. The van der Waals surface area contributed by atoms with Gasteiger partial charge in [0.1, 0.15) is 16.8 Å². The Kier molecular flexibility index (Phi) is 5.29. The van der Waals surface area contributed by atoms with E-state index in [1.807, 2.05) is 0 Å². The molecule has 1 fully saturated rings. The molecule has 4 nitrogen and oxygen atoms in total. The maximum Gasteiger partial charge on any atom is 0.401 e. The van der Waals surface area contributed by atoms with Crippen molar-refractivity contribution in [3.8, 4) is 0 Å². The summed E-state index contributed by atoms with van der Waals surface area (Å²) < 4.78 is 62.6. The number of anilines is 2. The van der Waals surface area contributed by atoms with E-state index < -0.39 is 19.1 Å². The molecule has 2 aromatic heterocycles. The molecule has 0 spiro atoms. The standard InChI is InChI=1S/C16H14ClF5N4/c17-12-3-10(11-6-26(7-11)8-16(20,21)22)5-14(24-12)25-13-4-9(15(18)19)1-2-23-13/h1-5,11,15H,6-8H2,(H,23,24,25). The van der Waals surface area contributed by atoms with Crippen LogP contribution in [0.3, 0.4) is 0 Å². The topological polar surface area (TPSA) is 41.1 Å². The Hall–Kier alpha value is -2.00. The van der Waals surface area contributed by atoms with E-state index in [4.69, 9.17) is 11.6 Å². The molecular formula is C16H14ClF5N4. The fraction of sp³-hybridized carbons (Fsp3) is 0.375. The first-order valence-electron chi connectivity index (χ1n) is 7.67. The van der Waals surface area contributed by atoms with E-state index in [0.29, 0.717) is 5.82 Å². The van der Waals surface area contributed by atoms with Crippen LogP contribution >= 0.6 is 11.6 Å². The SMILES string of the molecule is FC(F)c1ccnc(Nc2cc(C3CN(CC(F)(F)F)C3)cc(Cl)n2)c1. The lowest BCUT2D eigenvalue weighted by atomic mass is 9.92. The highest BCUT2D eigenvalue weighted by Gasteiger charge is 2.37. The summed E-state index contributed by atoms with van der Waals surface area (Å²) in [4.78, 5) is 9.29. The molecule has 10 heteroatoms. The minimum Gasteiger partial charge on any atom is -0.325 e. The van der Waals surface area contributed by atoms with Crippen LogP contribution in [0.25, 0.3) is 0 Å². The highest BCUT2D eigenvalue weighted by molar-refractivity contribution is 6.29. The fourth-order valence-corrected chi connectivity index (χ4v) is 2.98. The number of hydrogen-bond acceptors (Lipinski definition) is 4. The minimum atomic E-state index is -4.23. The Morgan fingerprint density at radius 2 is 1.92 bits per heavy atom. The molecule has 2 aromatic rings. The third kappa shape index (κ3) is 4.79. The molecule has 0 bridgehead atoms. The number of rotatable bonds is 5. The van der Waals surface area contributed by atoms with Gasteiger partial charge in [-0.15, -0.1) is 0 Å². The van der Waals surface area contributed by atoms with Gasteiger partial charge in [0.25, 0.3) is 6.43 Å². The largest absolute Gasteiger partial charge is 0.401 e. The van der Waals surface area contributed by atoms with Crippen LogP contribution in [0.1, 0.15) is 23.5 Å². The molecule has 0 saturated carbocycles. The maximum absolute atomic E-state index is 12.8. The van der Waals surface area contributed by atoms with E-state index in [-0.39, 0.29) is 35.5 Å². The van der Waals surface area contributed by atoms with Crippen molar-refractivity contribution in [3.63, 3.8) is 0 Å². The lowest BCUT2D eigenvalue weighted by Crippen LogP contribution is -2.49. The number of nitrogens with one attached hydrogen (secondary N) is 1. The van der Waals surface area contributed by atoms with Gasteiger partial charge in [0.15, 0.2) is 0 Å². The summed E-state index contributed by atoms with van der Waals surface area (Å²) in [5.74, 6) is 0.371. The molecule has 0 amide bonds. The number of pyridine rings is 2. The predicted octanol–water partition coefficient (Wildman–Crippen LogP) is 4.77. The lowest BCUT2D eigenvalue weighted by Gasteiger charge is -2.39. The molecule has 0 radical (unpaired) electrons. The van der Waals surface area contributed by atoms with Crippen LogP contribution in [0.4, 0.5) is 33.6 Å². The van der Waals surface area contributed by atoms with Crippen LogP contribution in [-0.2, 0) is 0 Å². The van der Waals surface area contributed by atoms with Crippen LogP contribution in [0.2, 0.25) is 5.15 Å². The Morgan fingerprint density at radius 1 is 1.19 bits per heavy atom. The Morgan fingerprint density at radius 3 is 2.58 bits per heavy atom. The molecule has 0 aliphatic carbocycles. The molecule has 0 unspecified atom stereocenters. The fourth-order valence-electron chi connectivity index (χ4n) is 2.76. The number of nitrogens with zero attached hydrogens (tertiary/aromatic N) is 3. The number of hydrogen-bond donors (Lipinski definition) is 1. The highest BCUT2D eigenvalue weighted by Crippen LogP contribution is 2.32. The lowest BCUT2D eigenvalue weighted by molar-refractivity contribution is -0.154. The monoisotopic (exact) mass is 392 g/mol. The molecule has 0 atom stereocenters. The first kappa shape index (κ1) is 18.8. The Labute approximate surface area is 151 Å². The summed E-state index contributed by atoms with van der Waals surface area (Å²) in [5, 5.41) is 2.96. The van der Waals surface area contributed by atoms with Gasteiger partial charge in [-0.2, -0.15) is 13.2 Å². The van der Waals surface area contributed by atoms with E-state index in [9.17, 15) is 22.0 Å².